The number of primary amides is 1. The van der Waals surface area contributed by atoms with Crippen LogP contribution in [0.3, 0.4) is 0 Å². The molecule has 6 heteroatoms. The van der Waals surface area contributed by atoms with Crippen molar-refractivity contribution in [3.8, 4) is 11.1 Å². The number of benzene rings is 3. The summed E-state index contributed by atoms with van der Waals surface area (Å²) in [4.78, 5) is 25.0. The third-order valence-corrected chi connectivity index (χ3v) is 5.91. The third-order valence-electron chi connectivity index (χ3n) is 4.50. The van der Waals surface area contributed by atoms with Gasteiger partial charge >= 0.3 is 0 Å². The largest absolute Gasteiger partial charge is 0.368 e. The molecule has 0 saturated carbocycles. The molecule has 2 amide bonds. The summed E-state index contributed by atoms with van der Waals surface area (Å²) in [7, 11) is -1.26. The highest BCUT2D eigenvalue weighted by Gasteiger charge is 2.20. The van der Waals surface area contributed by atoms with Gasteiger partial charge in [0.2, 0.25) is 5.91 Å². The predicted molar refractivity (Wildman–Crippen MR) is 115 cm³/mol. The Kier molecular flexibility index (Phi) is 6.92. The average Bonchev–Trinajstić information content (AvgIpc) is 2.77. The first-order valence-electron chi connectivity index (χ1n) is 9.23. The summed E-state index contributed by atoms with van der Waals surface area (Å²) in [6.07, 6.45) is 0.199. The molecule has 0 fully saturated rings. The van der Waals surface area contributed by atoms with Crippen molar-refractivity contribution in [3.63, 3.8) is 0 Å². The highest BCUT2D eigenvalue weighted by Crippen LogP contribution is 2.19. The molecule has 0 aliphatic carbocycles. The van der Waals surface area contributed by atoms with E-state index in [0.29, 0.717) is 10.5 Å². The lowest BCUT2D eigenvalue weighted by atomic mass is 10.0. The van der Waals surface area contributed by atoms with E-state index in [2.05, 4.69) is 5.32 Å². The van der Waals surface area contributed by atoms with Gasteiger partial charge in [-0.3, -0.25) is 13.8 Å². The van der Waals surface area contributed by atoms with E-state index >= 15 is 0 Å². The van der Waals surface area contributed by atoms with Crippen LogP contribution in [-0.4, -0.2) is 27.8 Å². The van der Waals surface area contributed by atoms with Crippen LogP contribution >= 0.6 is 0 Å². The Morgan fingerprint density at radius 2 is 1.38 bits per heavy atom. The summed E-state index contributed by atoms with van der Waals surface area (Å²) in [5, 5.41) is 2.65. The number of nitrogens with two attached hydrogens (primary N) is 1. The molecule has 3 aromatic rings. The predicted octanol–water partition coefficient (Wildman–Crippen LogP) is 3.14. The highest BCUT2D eigenvalue weighted by atomic mass is 32.2. The van der Waals surface area contributed by atoms with Crippen LogP contribution in [0.1, 0.15) is 16.8 Å². The molecule has 0 spiro atoms. The summed E-state index contributed by atoms with van der Waals surface area (Å²) in [5.41, 5.74) is 7.91. The van der Waals surface area contributed by atoms with Crippen LogP contribution in [0.5, 0.6) is 0 Å². The van der Waals surface area contributed by atoms with Gasteiger partial charge in [0.1, 0.15) is 6.04 Å². The first kappa shape index (κ1) is 20.5. The number of rotatable bonds is 8. The van der Waals surface area contributed by atoms with Crippen molar-refractivity contribution in [2.24, 2.45) is 5.73 Å². The molecule has 0 saturated heterocycles. The Bertz CT molecular complexity index is 990. The maximum absolute atomic E-state index is 12.5. The lowest BCUT2D eigenvalue weighted by Gasteiger charge is -2.15. The van der Waals surface area contributed by atoms with E-state index in [-0.39, 0.29) is 18.1 Å². The number of amides is 2. The molecule has 2 atom stereocenters. The second kappa shape index (κ2) is 9.80. The molecule has 148 valence electrons. The van der Waals surface area contributed by atoms with Crippen LogP contribution in [0, 0.1) is 0 Å². The smallest absolute Gasteiger partial charge is 0.251 e. The van der Waals surface area contributed by atoms with E-state index in [4.69, 9.17) is 5.73 Å². The molecule has 5 nitrogen and oxygen atoms in total. The third kappa shape index (κ3) is 5.62. The minimum absolute atomic E-state index is 0.199. The van der Waals surface area contributed by atoms with Crippen LogP contribution in [0.15, 0.2) is 89.8 Å². The van der Waals surface area contributed by atoms with Gasteiger partial charge in [-0.2, -0.15) is 0 Å². The van der Waals surface area contributed by atoms with Gasteiger partial charge in [0.15, 0.2) is 0 Å². The zero-order valence-corrected chi connectivity index (χ0v) is 16.6. The first-order chi connectivity index (χ1) is 14.0. The van der Waals surface area contributed by atoms with Crippen LogP contribution in [0.25, 0.3) is 11.1 Å². The fraction of sp³-hybridized carbons (Fsp3) is 0.130. The summed E-state index contributed by atoms with van der Waals surface area (Å²) in [6.45, 7) is 0. The lowest BCUT2D eigenvalue weighted by molar-refractivity contribution is -0.119. The second-order valence-corrected chi connectivity index (χ2v) is 8.09. The molecule has 3 aromatic carbocycles. The van der Waals surface area contributed by atoms with E-state index in [1.54, 1.807) is 36.4 Å². The normalized spacial score (nSPS) is 12.7. The minimum Gasteiger partial charge on any atom is -0.368 e. The minimum atomic E-state index is -1.26. The zero-order valence-electron chi connectivity index (χ0n) is 15.8. The molecular weight excluding hydrogens is 384 g/mol. The van der Waals surface area contributed by atoms with Gasteiger partial charge in [0.05, 0.1) is 10.8 Å². The number of hydrogen-bond acceptors (Lipinski definition) is 3. The zero-order chi connectivity index (χ0) is 20.6. The second-order valence-electron chi connectivity index (χ2n) is 6.52. The van der Waals surface area contributed by atoms with Crippen LogP contribution < -0.4 is 11.1 Å². The van der Waals surface area contributed by atoms with Crippen molar-refractivity contribution < 1.29 is 13.8 Å². The number of carbonyl (C=O) groups is 2. The molecule has 0 bridgehead atoms. The Morgan fingerprint density at radius 1 is 0.828 bits per heavy atom. The monoisotopic (exact) mass is 406 g/mol. The van der Waals surface area contributed by atoms with Gasteiger partial charge in [-0.15, -0.1) is 0 Å². The van der Waals surface area contributed by atoms with Gasteiger partial charge in [-0.05, 0) is 41.8 Å². The lowest BCUT2D eigenvalue weighted by Crippen LogP contribution is -2.45. The van der Waals surface area contributed by atoms with Gasteiger partial charge in [-0.25, -0.2) is 0 Å². The SMILES string of the molecule is NC(=O)[C@@H](CC[S@](=O)c1ccccc1)NC(=O)c1ccc(-c2ccccc2)cc1. The molecule has 3 rings (SSSR count). The molecule has 0 unspecified atom stereocenters. The van der Waals surface area contributed by atoms with E-state index in [0.717, 1.165) is 11.1 Å². The molecule has 0 heterocycles. The summed E-state index contributed by atoms with van der Waals surface area (Å²) >= 11 is 0. The Hall–Kier alpha value is -3.25. The van der Waals surface area contributed by atoms with E-state index in [1.165, 1.54) is 0 Å². The molecule has 0 aromatic heterocycles. The van der Waals surface area contributed by atoms with Crippen molar-refractivity contribution in [2.75, 3.05) is 5.75 Å². The Morgan fingerprint density at radius 3 is 1.97 bits per heavy atom. The van der Waals surface area contributed by atoms with E-state index in [9.17, 15) is 13.8 Å². The van der Waals surface area contributed by atoms with Crippen LogP contribution in [0.4, 0.5) is 0 Å². The molecular formula is C23H22N2O3S. The molecule has 29 heavy (non-hydrogen) atoms. The number of nitrogens with one attached hydrogen (secondary N) is 1. The maximum Gasteiger partial charge on any atom is 0.251 e. The van der Waals surface area contributed by atoms with Gasteiger partial charge in [0.25, 0.3) is 5.91 Å². The van der Waals surface area contributed by atoms with Crippen molar-refractivity contribution in [1.82, 2.24) is 5.32 Å². The van der Waals surface area contributed by atoms with Gasteiger partial charge in [-0.1, -0.05) is 60.7 Å². The number of carbonyl (C=O) groups excluding carboxylic acids is 2. The van der Waals surface area contributed by atoms with Gasteiger partial charge < -0.3 is 11.1 Å². The average molecular weight is 407 g/mol. The van der Waals surface area contributed by atoms with Crippen molar-refractivity contribution in [3.05, 3.63) is 90.5 Å². The summed E-state index contributed by atoms with van der Waals surface area (Å²) in [5.74, 6) is -0.812. The van der Waals surface area contributed by atoms with Crippen molar-refractivity contribution in [2.45, 2.75) is 17.4 Å². The van der Waals surface area contributed by atoms with Crippen molar-refractivity contribution in [1.29, 1.82) is 0 Å². The highest BCUT2D eigenvalue weighted by molar-refractivity contribution is 7.85. The summed E-state index contributed by atoms with van der Waals surface area (Å²) < 4.78 is 12.3. The molecule has 0 aliphatic rings. The summed E-state index contributed by atoms with van der Waals surface area (Å²) in [6, 6.07) is 25.1. The standard InChI is InChI=1S/C23H22N2O3S/c24-22(26)21(15-16-29(28)20-9-5-2-6-10-20)25-23(27)19-13-11-18(12-14-19)17-7-3-1-4-8-17/h1-14,21H,15-16H2,(H2,24,26)(H,25,27)/t21-,29+/m1/s1. The number of hydrogen-bond donors (Lipinski definition) is 2. The molecule has 0 radical (unpaired) electrons. The fourth-order valence-corrected chi connectivity index (χ4v) is 4.03. The maximum atomic E-state index is 12.5. The van der Waals surface area contributed by atoms with Gasteiger partial charge in [0, 0.05) is 16.2 Å². The molecule has 3 N–H and O–H groups in total. The van der Waals surface area contributed by atoms with Crippen molar-refractivity contribution >= 4 is 22.6 Å². The first-order valence-corrected chi connectivity index (χ1v) is 10.6. The fourth-order valence-electron chi connectivity index (χ4n) is 2.89. The van der Waals surface area contributed by atoms with Crippen LogP contribution in [0.2, 0.25) is 0 Å². The van der Waals surface area contributed by atoms with Crippen LogP contribution in [-0.2, 0) is 15.6 Å². The topological polar surface area (TPSA) is 89.3 Å². The Labute approximate surface area is 172 Å². The quantitative estimate of drug-likeness (QED) is 0.602. The van der Waals surface area contributed by atoms with E-state index < -0.39 is 22.7 Å². The van der Waals surface area contributed by atoms with E-state index in [1.807, 2.05) is 48.5 Å². The molecule has 0 aliphatic heterocycles. The Balaban J connectivity index is 1.62.